The number of carbonyl (C=O) groups excluding carboxylic acids is 2. The molecule has 2 N–H and O–H groups in total. The van der Waals surface area contributed by atoms with Crippen molar-refractivity contribution in [1.29, 1.82) is 0 Å². The lowest BCUT2D eigenvalue weighted by atomic mass is 10.1. The Labute approximate surface area is 146 Å². The number of hydrogen-bond acceptors (Lipinski definition) is 7. The third-order valence-electron chi connectivity index (χ3n) is 4.45. The number of hydrogen-bond donors (Lipinski definition) is 2. The van der Waals surface area contributed by atoms with Gasteiger partial charge in [0, 0.05) is 17.8 Å². The van der Waals surface area contributed by atoms with Crippen molar-refractivity contribution in [3.63, 3.8) is 0 Å². The van der Waals surface area contributed by atoms with Crippen LogP contribution in [0.5, 0.6) is 0 Å². The second-order valence-corrected chi connectivity index (χ2v) is 6.82. The van der Waals surface area contributed by atoms with Gasteiger partial charge in [0.1, 0.15) is 18.3 Å². The van der Waals surface area contributed by atoms with Crippen LogP contribution in [0.3, 0.4) is 0 Å². The number of H-pyrrole nitrogens is 1. The maximum absolute atomic E-state index is 12.1. The molecule has 2 amide bonds. The van der Waals surface area contributed by atoms with Gasteiger partial charge in [0.25, 0.3) is 11.5 Å². The number of nitrogens with zero attached hydrogens (tertiary/aromatic N) is 1. The van der Waals surface area contributed by atoms with Gasteiger partial charge in [0.05, 0.1) is 6.42 Å². The van der Waals surface area contributed by atoms with Crippen molar-refractivity contribution in [2.24, 2.45) is 0 Å². The molecular formula is C16H17N3O7. The summed E-state index contributed by atoms with van der Waals surface area (Å²) in [5.41, 5.74) is -0.886. The van der Waals surface area contributed by atoms with Crippen LogP contribution in [0.15, 0.2) is 33.5 Å². The molecule has 0 aliphatic carbocycles. The fraction of sp³-hybridized carbons (Fsp3) is 0.500. The summed E-state index contributed by atoms with van der Waals surface area (Å²) in [4.78, 5) is 48.8. The third kappa shape index (κ3) is 2.81. The normalized spacial score (nSPS) is 34.3. The highest BCUT2D eigenvalue weighted by Gasteiger charge is 2.55. The molecule has 1 aromatic heterocycles. The van der Waals surface area contributed by atoms with Crippen LogP contribution in [0.2, 0.25) is 0 Å². The number of amides is 2. The van der Waals surface area contributed by atoms with Crippen molar-refractivity contribution in [2.75, 3.05) is 0 Å². The van der Waals surface area contributed by atoms with Crippen LogP contribution in [0.4, 0.5) is 0 Å². The maximum Gasteiger partial charge on any atom is 0.330 e. The molecule has 3 aliphatic rings. The third-order valence-corrected chi connectivity index (χ3v) is 4.45. The molecule has 4 rings (SSSR count). The van der Waals surface area contributed by atoms with E-state index in [1.165, 1.54) is 22.9 Å². The molecule has 10 nitrogen and oxygen atoms in total. The Morgan fingerprint density at radius 2 is 1.92 bits per heavy atom. The molecule has 3 fully saturated rings. The van der Waals surface area contributed by atoms with Crippen molar-refractivity contribution in [3.05, 3.63) is 44.8 Å². The first-order valence-corrected chi connectivity index (χ1v) is 8.11. The van der Waals surface area contributed by atoms with E-state index in [9.17, 15) is 19.2 Å². The fourth-order valence-corrected chi connectivity index (χ4v) is 3.43. The quantitative estimate of drug-likeness (QED) is 0.505. The van der Waals surface area contributed by atoms with Gasteiger partial charge in [-0.25, -0.2) is 4.79 Å². The number of imide groups is 1. The number of rotatable bonds is 2. The van der Waals surface area contributed by atoms with Crippen molar-refractivity contribution >= 4 is 11.8 Å². The number of aromatic amines is 1. The van der Waals surface area contributed by atoms with Crippen molar-refractivity contribution in [2.45, 2.75) is 50.6 Å². The molecule has 1 aromatic rings. The van der Waals surface area contributed by atoms with E-state index in [4.69, 9.17) is 14.2 Å². The Balaban J connectivity index is 1.70. The lowest BCUT2D eigenvalue weighted by Crippen LogP contribution is -2.37. The molecule has 4 atom stereocenters. The first-order valence-electron chi connectivity index (χ1n) is 8.11. The SMILES string of the molecule is CC1(C)OC2C(C=C3CC(=O)NC3=O)OC(n3ccc(=O)[nH]c3=O)C2O1. The standard InChI is InChI=1S/C16H17N3O7/c1-16(2)25-11-8(5-7-6-10(21)17-13(7)22)24-14(12(11)26-16)19-4-3-9(20)18-15(19)23/h3-5,8,11-12,14H,6H2,1-2H3,(H,17,21,22)(H,18,20,23). The Bertz CT molecular complexity index is 928. The van der Waals surface area contributed by atoms with Crippen LogP contribution in [-0.2, 0) is 23.8 Å². The fourth-order valence-electron chi connectivity index (χ4n) is 3.43. The molecule has 0 spiro atoms. The summed E-state index contributed by atoms with van der Waals surface area (Å²) >= 11 is 0. The lowest BCUT2D eigenvalue weighted by Gasteiger charge is -2.24. The number of nitrogens with one attached hydrogen (secondary N) is 2. The predicted molar refractivity (Wildman–Crippen MR) is 84.9 cm³/mol. The number of fused-ring (bicyclic) bond motifs is 1. The topological polar surface area (TPSA) is 129 Å². The van der Waals surface area contributed by atoms with Crippen LogP contribution in [0, 0.1) is 0 Å². The molecular weight excluding hydrogens is 346 g/mol. The molecule has 4 heterocycles. The van der Waals surface area contributed by atoms with E-state index < -0.39 is 47.5 Å². The van der Waals surface area contributed by atoms with E-state index in [1.54, 1.807) is 13.8 Å². The number of ether oxygens (including phenoxy) is 3. The molecule has 0 saturated carbocycles. The minimum Gasteiger partial charge on any atom is -0.345 e. The molecule has 0 radical (unpaired) electrons. The highest BCUT2D eigenvalue weighted by Crippen LogP contribution is 2.43. The second-order valence-electron chi connectivity index (χ2n) is 6.82. The highest BCUT2D eigenvalue weighted by atomic mass is 16.8. The zero-order chi connectivity index (χ0) is 18.6. The van der Waals surface area contributed by atoms with Crippen LogP contribution in [-0.4, -0.2) is 45.5 Å². The molecule has 26 heavy (non-hydrogen) atoms. The zero-order valence-electron chi connectivity index (χ0n) is 14.1. The van der Waals surface area contributed by atoms with Crippen LogP contribution in [0.25, 0.3) is 0 Å². The highest BCUT2D eigenvalue weighted by molar-refractivity contribution is 6.13. The summed E-state index contributed by atoms with van der Waals surface area (Å²) in [5.74, 6) is -1.76. The van der Waals surface area contributed by atoms with E-state index in [1.807, 2.05) is 0 Å². The average Bonchev–Trinajstić information content (AvgIpc) is 3.12. The van der Waals surface area contributed by atoms with Gasteiger partial charge in [0.2, 0.25) is 5.91 Å². The Kier molecular flexibility index (Phi) is 3.72. The summed E-state index contributed by atoms with van der Waals surface area (Å²) < 4.78 is 18.9. The van der Waals surface area contributed by atoms with Crippen molar-refractivity contribution in [3.8, 4) is 0 Å². The Hall–Kier alpha value is -2.56. The van der Waals surface area contributed by atoms with Crippen molar-refractivity contribution in [1.82, 2.24) is 14.9 Å². The molecule has 0 aromatic carbocycles. The minimum absolute atomic E-state index is 0.0381. The van der Waals surface area contributed by atoms with Gasteiger partial charge in [-0.1, -0.05) is 0 Å². The van der Waals surface area contributed by atoms with E-state index in [-0.39, 0.29) is 17.9 Å². The van der Waals surface area contributed by atoms with Crippen molar-refractivity contribution < 1.29 is 23.8 Å². The van der Waals surface area contributed by atoms with E-state index >= 15 is 0 Å². The molecule has 0 bridgehead atoms. The largest absolute Gasteiger partial charge is 0.345 e. The summed E-state index contributed by atoms with van der Waals surface area (Å²) in [6.07, 6.45) is 0.0489. The van der Waals surface area contributed by atoms with Crippen LogP contribution >= 0.6 is 0 Å². The van der Waals surface area contributed by atoms with Gasteiger partial charge in [-0.2, -0.15) is 0 Å². The monoisotopic (exact) mass is 363 g/mol. The second kappa shape index (κ2) is 5.73. The van der Waals surface area contributed by atoms with E-state index in [0.717, 1.165) is 0 Å². The van der Waals surface area contributed by atoms with Gasteiger partial charge in [0.15, 0.2) is 12.0 Å². The summed E-state index contributed by atoms with van der Waals surface area (Å²) in [7, 11) is 0. The van der Waals surface area contributed by atoms with Gasteiger partial charge in [-0.05, 0) is 19.9 Å². The number of carbonyl (C=O) groups is 2. The molecule has 3 aliphatic heterocycles. The minimum atomic E-state index is -0.909. The Morgan fingerprint density at radius 1 is 1.19 bits per heavy atom. The summed E-state index contributed by atoms with van der Waals surface area (Å²) in [6.45, 7) is 3.46. The lowest BCUT2D eigenvalue weighted by molar-refractivity contribution is -0.192. The molecule has 138 valence electrons. The van der Waals surface area contributed by atoms with Crippen LogP contribution < -0.4 is 16.6 Å². The molecule has 10 heteroatoms. The number of aromatic nitrogens is 2. The first-order chi connectivity index (χ1) is 12.2. The maximum atomic E-state index is 12.1. The van der Waals surface area contributed by atoms with Gasteiger partial charge >= 0.3 is 5.69 Å². The summed E-state index contributed by atoms with van der Waals surface area (Å²) in [5, 5.41) is 2.21. The molecule has 3 saturated heterocycles. The van der Waals surface area contributed by atoms with E-state index in [0.29, 0.717) is 0 Å². The van der Waals surface area contributed by atoms with Gasteiger partial charge in [-0.15, -0.1) is 0 Å². The van der Waals surface area contributed by atoms with E-state index in [2.05, 4.69) is 10.3 Å². The Morgan fingerprint density at radius 3 is 2.58 bits per heavy atom. The first kappa shape index (κ1) is 16.9. The molecule has 4 unspecified atom stereocenters. The summed E-state index contributed by atoms with van der Waals surface area (Å²) in [6, 6.07) is 1.20. The predicted octanol–water partition coefficient (Wildman–Crippen LogP) is -1.07. The average molecular weight is 363 g/mol. The zero-order valence-corrected chi connectivity index (χ0v) is 14.1. The van der Waals surface area contributed by atoms with Crippen LogP contribution in [0.1, 0.15) is 26.5 Å². The van der Waals surface area contributed by atoms with Gasteiger partial charge in [-0.3, -0.25) is 29.3 Å². The smallest absolute Gasteiger partial charge is 0.330 e. The van der Waals surface area contributed by atoms with Gasteiger partial charge < -0.3 is 14.2 Å².